The summed E-state index contributed by atoms with van der Waals surface area (Å²) >= 11 is 0. The third-order valence-corrected chi connectivity index (χ3v) is 4.26. The maximum Gasteiger partial charge on any atom is 0.191 e. The fourth-order valence-electron chi connectivity index (χ4n) is 2.91. The van der Waals surface area contributed by atoms with Crippen LogP contribution in [0.4, 0.5) is 0 Å². The summed E-state index contributed by atoms with van der Waals surface area (Å²) in [7, 11) is 4.97. The zero-order chi connectivity index (χ0) is 20.4. The van der Waals surface area contributed by atoms with Gasteiger partial charge < -0.3 is 24.8 Å². The van der Waals surface area contributed by atoms with Crippen LogP contribution in [0.1, 0.15) is 23.6 Å². The number of benzene rings is 2. The van der Waals surface area contributed by atoms with Crippen LogP contribution in [-0.2, 0) is 13.0 Å². The average molecular weight is 386 g/mol. The number of methoxy groups -OCH3 is 3. The first kappa shape index (κ1) is 21.4. The third kappa shape index (κ3) is 6.37. The molecule has 0 unspecified atom stereocenters. The van der Waals surface area contributed by atoms with E-state index in [2.05, 4.69) is 35.5 Å². The highest BCUT2D eigenvalue weighted by molar-refractivity contribution is 5.79. The van der Waals surface area contributed by atoms with E-state index in [1.807, 2.05) is 30.3 Å². The van der Waals surface area contributed by atoms with E-state index < -0.39 is 0 Å². The Balaban J connectivity index is 1.97. The number of aryl methyl sites for hydroxylation is 1. The number of nitrogens with one attached hydrogen (secondary N) is 2. The van der Waals surface area contributed by atoms with Crippen LogP contribution in [0.15, 0.2) is 41.4 Å². The van der Waals surface area contributed by atoms with Crippen LogP contribution in [0.2, 0.25) is 0 Å². The standard InChI is InChI=1S/C22H31N3O3/c1-6-23-22(25-15-18-11-16(2)12-19(13-18)26-3)24-10-9-17-7-8-20(27-4)21(14-17)28-5/h7-8,11-14H,6,9-10,15H2,1-5H3,(H2,23,24,25). The first-order valence-electron chi connectivity index (χ1n) is 9.47. The summed E-state index contributed by atoms with van der Waals surface area (Å²) in [6.45, 7) is 6.27. The van der Waals surface area contributed by atoms with Gasteiger partial charge in [0.15, 0.2) is 17.5 Å². The van der Waals surface area contributed by atoms with Gasteiger partial charge in [0, 0.05) is 13.1 Å². The van der Waals surface area contributed by atoms with Crippen molar-refractivity contribution in [3.8, 4) is 17.2 Å². The second-order valence-electron chi connectivity index (χ2n) is 6.42. The molecule has 0 spiro atoms. The van der Waals surface area contributed by atoms with Crippen molar-refractivity contribution in [1.29, 1.82) is 0 Å². The molecule has 0 heterocycles. The quantitative estimate of drug-likeness (QED) is 0.512. The number of hydrogen-bond donors (Lipinski definition) is 2. The molecule has 6 heteroatoms. The summed E-state index contributed by atoms with van der Waals surface area (Å²) in [6.07, 6.45) is 0.850. The molecule has 0 atom stereocenters. The Kier molecular flexibility index (Phi) is 8.46. The molecular weight excluding hydrogens is 354 g/mol. The number of aliphatic imine (C=N–C) groups is 1. The molecule has 0 fully saturated rings. The average Bonchev–Trinajstić information content (AvgIpc) is 2.71. The van der Waals surface area contributed by atoms with E-state index >= 15 is 0 Å². The molecule has 0 bridgehead atoms. The third-order valence-electron chi connectivity index (χ3n) is 4.26. The number of nitrogens with zero attached hydrogens (tertiary/aromatic N) is 1. The predicted molar refractivity (Wildman–Crippen MR) is 114 cm³/mol. The molecule has 152 valence electrons. The fraction of sp³-hybridized carbons (Fsp3) is 0.409. The summed E-state index contributed by atoms with van der Waals surface area (Å²) in [4.78, 5) is 4.69. The lowest BCUT2D eigenvalue weighted by molar-refractivity contribution is 0.354. The number of ether oxygens (including phenoxy) is 3. The minimum absolute atomic E-state index is 0.587. The Labute approximate surface area is 167 Å². The monoisotopic (exact) mass is 385 g/mol. The lowest BCUT2D eigenvalue weighted by atomic mass is 10.1. The molecule has 0 amide bonds. The molecule has 0 aliphatic rings. The van der Waals surface area contributed by atoms with E-state index in [1.165, 1.54) is 5.56 Å². The molecule has 0 saturated heterocycles. The molecule has 0 radical (unpaired) electrons. The van der Waals surface area contributed by atoms with Crippen LogP contribution in [0.5, 0.6) is 17.2 Å². The van der Waals surface area contributed by atoms with E-state index in [9.17, 15) is 0 Å². The largest absolute Gasteiger partial charge is 0.497 e. The lowest BCUT2D eigenvalue weighted by Crippen LogP contribution is -2.38. The summed E-state index contributed by atoms with van der Waals surface area (Å²) in [6, 6.07) is 12.1. The van der Waals surface area contributed by atoms with Gasteiger partial charge in [-0.2, -0.15) is 0 Å². The van der Waals surface area contributed by atoms with Gasteiger partial charge in [0.2, 0.25) is 0 Å². The van der Waals surface area contributed by atoms with Crippen molar-refractivity contribution in [2.75, 3.05) is 34.4 Å². The van der Waals surface area contributed by atoms with E-state index in [0.29, 0.717) is 6.54 Å². The van der Waals surface area contributed by atoms with E-state index in [0.717, 1.165) is 53.8 Å². The number of rotatable bonds is 9. The molecule has 6 nitrogen and oxygen atoms in total. The van der Waals surface area contributed by atoms with Crippen molar-refractivity contribution in [1.82, 2.24) is 10.6 Å². The Hall–Kier alpha value is -2.89. The predicted octanol–water partition coefficient (Wildman–Crippen LogP) is 3.32. The molecule has 2 aromatic carbocycles. The summed E-state index contributed by atoms with van der Waals surface area (Å²) in [5.41, 5.74) is 3.45. The van der Waals surface area contributed by atoms with Gasteiger partial charge in [-0.1, -0.05) is 12.1 Å². The fourth-order valence-corrected chi connectivity index (χ4v) is 2.91. The Morgan fingerprint density at radius 2 is 1.68 bits per heavy atom. The first-order chi connectivity index (χ1) is 13.6. The van der Waals surface area contributed by atoms with Crippen molar-refractivity contribution >= 4 is 5.96 Å². The van der Waals surface area contributed by atoms with E-state index in [4.69, 9.17) is 14.2 Å². The highest BCUT2D eigenvalue weighted by Crippen LogP contribution is 2.27. The van der Waals surface area contributed by atoms with Gasteiger partial charge in [0.1, 0.15) is 5.75 Å². The molecule has 28 heavy (non-hydrogen) atoms. The number of guanidine groups is 1. The van der Waals surface area contributed by atoms with E-state index in [-0.39, 0.29) is 0 Å². The maximum atomic E-state index is 5.37. The van der Waals surface area contributed by atoms with E-state index in [1.54, 1.807) is 21.3 Å². The van der Waals surface area contributed by atoms with Crippen molar-refractivity contribution < 1.29 is 14.2 Å². The second-order valence-corrected chi connectivity index (χ2v) is 6.42. The van der Waals surface area contributed by atoms with Crippen molar-refractivity contribution in [2.45, 2.75) is 26.8 Å². The lowest BCUT2D eigenvalue weighted by Gasteiger charge is -2.13. The SMILES string of the molecule is CCNC(=NCc1cc(C)cc(OC)c1)NCCc1ccc(OC)c(OC)c1. The van der Waals surface area contributed by atoms with Crippen LogP contribution in [-0.4, -0.2) is 40.4 Å². The Bertz CT molecular complexity index is 791. The Morgan fingerprint density at radius 3 is 2.36 bits per heavy atom. The van der Waals surface area contributed by atoms with Gasteiger partial charge >= 0.3 is 0 Å². The maximum absolute atomic E-state index is 5.37. The Morgan fingerprint density at radius 1 is 0.893 bits per heavy atom. The van der Waals surface area contributed by atoms with Gasteiger partial charge in [0.05, 0.1) is 27.9 Å². The molecule has 0 aromatic heterocycles. The van der Waals surface area contributed by atoms with Crippen molar-refractivity contribution in [3.05, 3.63) is 53.1 Å². The molecule has 2 rings (SSSR count). The molecule has 0 saturated carbocycles. The van der Waals surface area contributed by atoms with Crippen LogP contribution in [0.3, 0.4) is 0 Å². The highest BCUT2D eigenvalue weighted by Gasteiger charge is 2.05. The van der Waals surface area contributed by atoms with Crippen LogP contribution < -0.4 is 24.8 Å². The second kappa shape index (κ2) is 11.1. The molecule has 2 N–H and O–H groups in total. The van der Waals surface area contributed by atoms with Gasteiger partial charge in [-0.15, -0.1) is 0 Å². The minimum Gasteiger partial charge on any atom is -0.497 e. The van der Waals surface area contributed by atoms with Crippen LogP contribution in [0, 0.1) is 6.92 Å². The normalized spacial score (nSPS) is 11.1. The summed E-state index contributed by atoms with van der Waals surface area (Å²) in [5.74, 6) is 3.14. The summed E-state index contributed by atoms with van der Waals surface area (Å²) < 4.78 is 16.0. The molecule has 2 aromatic rings. The highest BCUT2D eigenvalue weighted by atomic mass is 16.5. The van der Waals surface area contributed by atoms with Gasteiger partial charge in [-0.05, 0) is 61.2 Å². The zero-order valence-corrected chi connectivity index (χ0v) is 17.5. The zero-order valence-electron chi connectivity index (χ0n) is 17.5. The topological polar surface area (TPSA) is 64.1 Å². The van der Waals surface area contributed by atoms with Crippen molar-refractivity contribution in [3.63, 3.8) is 0 Å². The minimum atomic E-state index is 0.587. The molecular formula is C22H31N3O3. The van der Waals surface area contributed by atoms with Gasteiger partial charge in [-0.3, -0.25) is 0 Å². The number of hydrogen-bond acceptors (Lipinski definition) is 4. The molecule has 0 aliphatic heterocycles. The van der Waals surface area contributed by atoms with Crippen LogP contribution >= 0.6 is 0 Å². The van der Waals surface area contributed by atoms with Crippen LogP contribution in [0.25, 0.3) is 0 Å². The molecule has 0 aliphatic carbocycles. The smallest absolute Gasteiger partial charge is 0.191 e. The summed E-state index contributed by atoms with van der Waals surface area (Å²) in [5, 5.41) is 6.67. The van der Waals surface area contributed by atoms with Gasteiger partial charge in [-0.25, -0.2) is 4.99 Å². The van der Waals surface area contributed by atoms with Crippen molar-refractivity contribution in [2.24, 2.45) is 4.99 Å². The first-order valence-corrected chi connectivity index (χ1v) is 9.47. The van der Waals surface area contributed by atoms with Gasteiger partial charge in [0.25, 0.3) is 0 Å².